The van der Waals surface area contributed by atoms with Gasteiger partial charge in [-0.15, -0.1) is 0 Å². The van der Waals surface area contributed by atoms with Gasteiger partial charge in [0.05, 0.1) is 0 Å². The summed E-state index contributed by atoms with van der Waals surface area (Å²) in [5.41, 5.74) is -0.608. The van der Waals surface area contributed by atoms with Crippen molar-refractivity contribution in [2.24, 2.45) is 0 Å². The first-order valence-corrected chi connectivity index (χ1v) is 24.1. The Balaban J connectivity index is 4.36. The second-order valence-electron chi connectivity index (χ2n) is 16.1. The van der Waals surface area contributed by atoms with Gasteiger partial charge in [0.25, 0.3) is 0 Å². The lowest BCUT2D eigenvalue weighted by Crippen LogP contribution is -2.30. The van der Waals surface area contributed by atoms with Crippen molar-refractivity contribution in [1.29, 1.82) is 0 Å². The Morgan fingerprint density at radius 3 is 0.857 bits per heavy atom. The maximum atomic E-state index is 12.7. The maximum absolute atomic E-state index is 12.7. The molecule has 0 aromatic carbocycles. The van der Waals surface area contributed by atoms with Crippen LogP contribution < -0.4 is 0 Å². The third kappa shape index (κ3) is 41.8. The molecule has 0 aliphatic carbocycles. The number of halogens is 1. The fourth-order valence-electron chi connectivity index (χ4n) is 6.94. The lowest BCUT2D eigenvalue weighted by molar-refractivity contribution is -0.167. The first-order valence-electron chi connectivity index (χ1n) is 23.6. The van der Waals surface area contributed by atoms with E-state index in [9.17, 15) is 19.2 Å². The molecule has 0 amide bonds. The standard InChI is InChI=1S/C47H87ClO8/c1-4-6-8-10-12-14-16-18-20-22-24-28-32-36-44(49)53-40-43(56-47(52)39-35-31-27-26-30-34-38-46(51)55-42(3)48)41-54-45(50)37-33-29-25-23-21-19-17-15-13-11-9-7-5-2/h42-43H,4-41H2,1-3H3. The number of esters is 4. The summed E-state index contributed by atoms with van der Waals surface area (Å²) < 4.78 is 21.6. The van der Waals surface area contributed by atoms with Crippen molar-refractivity contribution in [3.63, 3.8) is 0 Å². The summed E-state index contributed by atoms with van der Waals surface area (Å²) in [6.07, 6.45) is 37.8. The lowest BCUT2D eigenvalue weighted by Gasteiger charge is -2.18. The number of carbonyl (C=O) groups excluding carboxylic acids is 4. The third-order valence-corrected chi connectivity index (χ3v) is 10.5. The van der Waals surface area contributed by atoms with Gasteiger partial charge in [-0.2, -0.15) is 0 Å². The molecule has 330 valence electrons. The summed E-state index contributed by atoms with van der Waals surface area (Å²) in [5.74, 6) is -1.27. The molecule has 0 rings (SSSR count). The molecular weight excluding hydrogens is 728 g/mol. The summed E-state index contributed by atoms with van der Waals surface area (Å²) in [4.78, 5) is 49.3. The number of hydrogen-bond acceptors (Lipinski definition) is 8. The van der Waals surface area contributed by atoms with E-state index in [1.165, 1.54) is 128 Å². The Morgan fingerprint density at radius 1 is 0.357 bits per heavy atom. The Hall–Kier alpha value is -1.83. The molecule has 0 heterocycles. The molecule has 0 saturated carbocycles. The Kier molecular flexibility index (Phi) is 41.4. The summed E-state index contributed by atoms with van der Waals surface area (Å²) in [6.45, 7) is 5.91. The van der Waals surface area contributed by atoms with Crippen molar-refractivity contribution in [2.75, 3.05) is 13.2 Å². The Labute approximate surface area is 349 Å². The van der Waals surface area contributed by atoms with E-state index >= 15 is 0 Å². The molecule has 0 radical (unpaired) electrons. The molecule has 0 N–H and O–H groups in total. The molecule has 0 spiro atoms. The van der Waals surface area contributed by atoms with Gasteiger partial charge in [0.15, 0.2) is 11.7 Å². The zero-order valence-corrected chi connectivity index (χ0v) is 37.4. The zero-order valence-electron chi connectivity index (χ0n) is 36.7. The van der Waals surface area contributed by atoms with Crippen molar-refractivity contribution in [3.8, 4) is 0 Å². The van der Waals surface area contributed by atoms with Crippen LogP contribution in [0.15, 0.2) is 0 Å². The van der Waals surface area contributed by atoms with E-state index in [1.54, 1.807) is 6.92 Å². The van der Waals surface area contributed by atoms with E-state index in [1.807, 2.05) is 0 Å². The van der Waals surface area contributed by atoms with Crippen molar-refractivity contribution >= 4 is 35.5 Å². The monoisotopic (exact) mass is 815 g/mol. The fraction of sp³-hybridized carbons (Fsp3) is 0.915. The van der Waals surface area contributed by atoms with E-state index in [0.717, 1.165) is 70.6 Å². The van der Waals surface area contributed by atoms with Crippen LogP contribution in [-0.2, 0) is 38.1 Å². The predicted molar refractivity (Wildman–Crippen MR) is 231 cm³/mol. The Bertz CT molecular complexity index is 865. The highest BCUT2D eigenvalue weighted by Crippen LogP contribution is 2.16. The van der Waals surface area contributed by atoms with E-state index in [2.05, 4.69) is 13.8 Å². The van der Waals surface area contributed by atoms with Gasteiger partial charge in [-0.25, -0.2) is 0 Å². The van der Waals surface area contributed by atoms with Crippen LogP contribution in [0.1, 0.15) is 252 Å². The molecule has 1 atom stereocenters. The highest BCUT2D eigenvalue weighted by Gasteiger charge is 2.19. The first kappa shape index (κ1) is 54.2. The minimum Gasteiger partial charge on any atom is -0.462 e. The number of hydrogen-bond donors (Lipinski definition) is 0. The quantitative estimate of drug-likeness (QED) is 0.0259. The SMILES string of the molecule is CCCCCCCCCCCCCCCC(=O)OCC(COC(=O)CCCCCCCCCCCCCCC)OC(=O)CCCCCCCCC(=O)OC(C)Cl. The van der Waals surface area contributed by atoms with Gasteiger partial charge < -0.3 is 18.9 Å². The Morgan fingerprint density at radius 2 is 0.589 bits per heavy atom. The largest absolute Gasteiger partial charge is 0.462 e. The van der Waals surface area contributed by atoms with Gasteiger partial charge in [-0.1, -0.05) is 205 Å². The molecule has 0 saturated heterocycles. The number of ether oxygens (including phenoxy) is 4. The molecule has 0 fully saturated rings. The van der Waals surface area contributed by atoms with Crippen LogP contribution in [0.3, 0.4) is 0 Å². The van der Waals surface area contributed by atoms with Crippen LogP contribution in [-0.4, -0.2) is 48.8 Å². The van der Waals surface area contributed by atoms with Crippen molar-refractivity contribution < 1.29 is 38.1 Å². The van der Waals surface area contributed by atoms with E-state index < -0.39 is 11.7 Å². The van der Waals surface area contributed by atoms with Crippen LogP contribution >= 0.6 is 11.6 Å². The maximum Gasteiger partial charge on any atom is 0.307 e. The first-order chi connectivity index (χ1) is 27.3. The van der Waals surface area contributed by atoms with Crippen LogP contribution in [0, 0.1) is 0 Å². The zero-order chi connectivity index (χ0) is 41.2. The average molecular weight is 816 g/mol. The highest BCUT2D eigenvalue weighted by atomic mass is 35.5. The van der Waals surface area contributed by atoms with Crippen LogP contribution in [0.5, 0.6) is 0 Å². The number of alkyl halides is 1. The molecular formula is C47H87ClO8. The van der Waals surface area contributed by atoms with E-state index in [-0.39, 0.29) is 43.5 Å². The molecule has 0 aromatic heterocycles. The molecule has 0 aliphatic heterocycles. The van der Waals surface area contributed by atoms with Crippen molar-refractivity contribution in [3.05, 3.63) is 0 Å². The lowest BCUT2D eigenvalue weighted by atomic mass is 10.0. The smallest absolute Gasteiger partial charge is 0.307 e. The summed E-state index contributed by atoms with van der Waals surface area (Å²) in [6, 6.07) is 0. The second kappa shape index (κ2) is 42.8. The van der Waals surface area contributed by atoms with Gasteiger partial charge in [0.2, 0.25) is 0 Å². The van der Waals surface area contributed by atoms with Crippen LogP contribution in [0.2, 0.25) is 0 Å². The van der Waals surface area contributed by atoms with Crippen LogP contribution in [0.25, 0.3) is 0 Å². The van der Waals surface area contributed by atoms with E-state index in [0.29, 0.717) is 25.7 Å². The minimum atomic E-state index is -0.816. The molecule has 56 heavy (non-hydrogen) atoms. The van der Waals surface area contributed by atoms with Crippen molar-refractivity contribution in [2.45, 2.75) is 264 Å². The highest BCUT2D eigenvalue weighted by molar-refractivity contribution is 6.19. The van der Waals surface area contributed by atoms with E-state index in [4.69, 9.17) is 30.5 Å². The molecule has 8 nitrogen and oxygen atoms in total. The van der Waals surface area contributed by atoms with Gasteiger partial charge in [-0.05, 0) is 32.6 Å². The molecule has 1 unspecified atom stereocenters. The van der Waals surface area contributed by atoms with Crippen molar-refractivity contribution in [1.82, 2.24) is 0 Å². The second-order valence-corrected chi connectivity index (χ2v) is 16.7. The predicted octanol–water partition coefficient (Wildman–Crippen LogP) is 14.2. The summed E-state index contributed by atoms with van der Waals surface area (Å²) in [7, 11) is 0. The number of carbonyl (C=O) groups is 4. The average Bonchev–Trinajstić information content (AvgIpc) is 3.17. The molecule has 9 heteroatoms. The molecule has 0 bridgehead atoms. The normalized spacial score (nSPS) is 11.8. The van der Waals surface area contributed by atoms with Gasteiger partial charge in [0.1, 0.15) is 13.2 Å². The number of rotatable bonds is 43. The van der Waals surface area contributed by atoms with Gasteiger partial charge >= 0.3 is 23.9 Å². The fourth-order valence-corrected chi connectivity index (χ4v) is 7.04. The molecule has 0 aliphatic rings. The van der Waals surface area contributed by atoms with Crippen LogP contribution in [0.4, 0.5) is 0 Å². The molecule has 0 aromatic rings. The van der Waals surface area contributed by atoms with Gasteiger partial charge in [-0.3, -0.25) is 19.2 Å². The topological polar surface area (TPSA) is 105 Å². The van der Waals surface area contributed by atoms with Gasteiger partial charge in [0, 0.05) is 25.7 Å². The summed E-state index contributed by atoms with van der Waals surface area (Å²) in [5, 5.41) is 0. The third-order valence-electron chi connectivity index (χ3n) is 10.4. The number of unbranched alkanes of at least 4 members (excludes halogenated alkanes) is 29. The minimum absolute atomic E-state index is 0.111. The summed E-state index contributed by atoms with van der Waals surface area (Å²) >= 11 is 5.68.